The minimum atomic E-state index is 0.668. The van der Waals surface area contributed by atoms with Crippen LogP contribution in [0.25, 0.3) is 11.0 Å². The Morgan fingerprint density at radius 2 is 1.95 bits per heavy atom. The Labute approximate surface area is 119 Å². The molecule has 0 aliphatic carbocycles. The Morgan fingerprint density at radius 3 is 2.60 bits per heavy atom. The van der Waals surface area contributed by atoms with Crippen LogP contribution in [0, 0.1) is 5.92 Å². The molecule has 5 heteroatoms. The second-order valence-corrected chi connectivity index (χ2v) is 5.25. The third-order valence-corrected chi connectivity index (χ3v) is 3.76. The number of para-hydroxylation sites is 2. The van der Waals surface area contributed by atoms with Gasteiger partial charge in [-0.25, -0.2) is 9.97 Å². The molecule has 3 N–H and O–H groups in total. The second-order valence-electron chi connectivity index (χ2n) is 5.25. The van der Waals surface area contributed by atoms with E-state index in [1.807, 2.05) is 31.3 Å². The van der Waals surface area contributed by atoms with Gasteiger partial charge in [-0.15, -0.1) is 0 Å². The highest BCUT2D eigenvalue weighted by atomic mass is 15.1. The number of benzene rings is 1. The van der Waals surface area contributed by atoms with Gasteiger partial charge in [0.1, 0.15) is 0 Å². The van der Waals surface area contributed by atoms with Crippen molar-refractivity contribution >= 4 is 22.7 Å². The van der Waals surface area contributed by atoms with Crippen molar-refractivity contribution in [1.29, 1.82) is 0 Å². The Balaban J connectivity index is 1.78. The number of piperidine rings is 1. The minimum Gasteiger partial charge on any atom is -0.370 e. The fourth-order valence-corrected chi connectivity index (χ4v) is 2.64. The van der Waals surface area contributed by atoms with Crippen LogP contribution in [-0.2, 0) is 0 Å². The molecule has 1 aromatic carbocycles. The molecule has 106 valence electrons. The molecule has 1 saturated heterocycles. The van der Waals surface area contributed by atoms with Crippen LogP contribution >= 0.6 is 0 Å². The molecule has 1 aromatic heterocycles. The first-order valence-electron chi connectivity index (χ1n) is 7.26. The zero-order chi connectivity index (χ0) is 13.8. The number of aromatic nitrogens is 2. The number of fused-ring (bicyclic) bond motifs is 1. The van der Waals surface area contributed by atoms with Crippen molar-refractivity contribution < 1.29 is 0 Å². The van der Waals surface area contributed by atoms with Crippen molar-refractivity contribution in [3.8, 4) is 0 Å². The average Bonchev–Trinajstić information content (AvgIpc) is 2.53. The molecule has 5 nitrogen and oxygen atoms in total. The summed E-state index contributed by atoms with van der Waals surface area (Å²) in [7, 11) is 1.88. The molecule has 0 radical (unpaired) electrons. The number of anilines is 2. The number of nitrogens with one attached hydrogen (secondary N) is 3. The third-order valence-electron chi connectivity index (χ3n) is 3.76. The molecule has 1 atom stereocenters. The van der Waals surface area contributed by atoms with Crippen LogP contribution in [0.1, 0.15) is 12.8 Å². The molecule has 0 bridgehead atoms. The third kappa shape index (κ3) is 2.82. The summed E-state index contributed by atoms with van der Waals surface area (Å²) in [5.41, 5.74) is 1.84. The summed E-state index contributed by atoms with van der Waals surface area (Å²) < 4.78 is 0. The van der Waals surface area contributed by atoms with Gasteiger partial charge in [-0.2, -0.15) is 0 Å². The van der Waals surface area contributed by atoms with Crippen molar-refractivity contribution in [3.05, 3.63) is 24.3 Å². The lowest BCUT2D eigenvalue weighted by Gasteiger charge is -2.23. The number of nitrogens with zero attached hydrogens (tertiary/aromatic N) is 2. The van der Waals surface area contributed by atoms with E-state index in [-0.39, 0.29) is 0 Å². The van der Waals surface area contributed by atoms with Crippen molar-refractivity contribution in [2.45, 2.75) is 12.8 Å². The number of rotatable bonds is 4. The topological polar surface area (TPSA) is 61.9 Å². The molecule has 20 heavy (non-hydrogen) atoms. The van der Waals surface area contributed by atoms with Gasteiger partial charge in [0.15, 0.2) is 11.6 Å². The fourth-order valence-electron chi connectivity index (χ4n) is 2.64. The monoisotopic (exact) mass is 271 g/mol. The van der Waals surface area contributed by atoms with Crippen LogP contribution in [-0.4, -0.2) is 36.6 Å². The van der Waals surface area contributed by atoms with E-state index in [9.17, 15) is 0 Å². The normalized spacial score (nSPS) is 18.9. The van der Waals surface area contributed by atoms with Crippen molar-refractivity contribution in [2.24, 2.45) is 5.92 Å². The first-order chi connectivity index (χ1) is 9.86. The standard InChI is InChI=1S/C15H21N5/c1-16-14-15(18-10-11-5-4-8-17-9-11)20-13-7-3-2-6-12(13)19-14/h2-3,6-7,11,17H,4-5,8-10H2,1H3,(H,16,19)(H,18,20). The molecule has 1 fully saturated rings. The summed E-state index contributed by atoms with van der Waals surface area (Å²) >= 11 is 0. The van der Waals surface area contributed by atoms with Crippen LogP contribution in [0.15, 0.2) is 24.3 Å². The zero-order valence-electron chi connectivity index (χ0n) is 11.8. The van der Waals surface area contributed by atoms with E-state index in [0.717, 1.165) is 42.3 Å². The Hall–Kier alpha value is -1.88. The molecule has 0 spiro atoms. The molecule has 0 amide bonds. The Kier molecular flexibility index (Phi) is 3.97. The molecular weight excluding hydrogens is 250 g/mol. The molecule has 1 unspecified atom stereocenters. The summed E-state index contributed by atoms with van der Waals surface area (Å²) in [5.74, 6) is 2.32. The lowest BCUT2D eigenvalue weighted by atomic mass is 10.00. The zero-order valence-corrected chi connectivity index (χ0v) is 11.8. The fraction of sp³-hybridized carbons (Fsp3) is 0.467. The largest absolute Gasteiger partial charge is 0.370 e. The SMILES string of the molecule is CNc1nc2ccccc2nc1NCC1CCCNC1. The second kappa shape index (κ2) is 6.05. The van der Waals surface area contributed by atoms with Crippen LogP contribution < -0.4 is 16.0 Å². The molecular formula is C15H21N5. The summed E-state index contributed by atoms with van der Waals surface area (Å²) in [5, 5.41) is 10.0. The average molecular weight is 271 g/mol. The summed E-state index contributed by atoms with van der Waals surface area (Å²) in [4.78, 5) is 9.28. The maximum atomic E-state index is 4.67. The van der Waals surface area contributed by atoms with E-state index in [2.05, 4.69) is 25.9 Å². The molecule has 2 heterocycles. The van der Waals surface area contributed by atoms with Gasteiger partial charge in [-0.05, 0) is 44.0 Å². The van der Waals surface area contributed by atoms with E-state index >= 15 is 0 Å². The maximum absolute atomic E-state index is 4.67. The van der Waals surface area contributed by atoms with Gasteiger partial charge in [0.25, 0.3) is 0 Å². The number of hydrogen-bond acceptors (Lipinski definition) is 5. The quantitative estimate of drug-likeness (QED) is 0.795. The highest BCUT2D eigenvalue weighted by molar-refractivity contribution is 5.80. The van der Waals surface area contributed by atoms with Gasteiger partial charge in [0, 0.05) is 13.6 Å². The molecule has 1 aliphatic rings. The van der Waals surface area contributed by atoms with E-state index in [1.165, 1.54) is 12.8 Å². The van der Waals surface area contributed by atoms with Crippen LogP contribution in [0.3, 0.4) is 0 Å². The lowest BCUT2D eigenvalue weighted by molar-refractivity contribution is 0.392. The van der Waals surface area contributed by atoms with Gasteiger partial charge in [0.05, 0.1) is 11.0 Å². The predicted octanol–water partition coefficient (Wildman–Crippen LogP) is 2.08. The first-order valence-corrected chi connectivity index (χ1v) is 7.26. The van der Waals surface area contributed by atoms with E-state index < -0.39 is 0 Å². The maximum Gasteiger partial charge on any atom is 0.169 e. The predicted molar refractivity (Wildman–Crippen MR) is 83.2 cm³/mol. The smallest absolute Gasteiger partial charge is 0.169 e. The molecule has 0 saturated carbocycles. The molecule has 2 aromatic rings. The van der Waals surface area contributed by atoms with E-state index in [4.69, 9.17) is 0 Å². The number of hydrogen-bond donors (Lipinski definition) is 3. The first kappa shape index (κ1) is 13.1. The van der Waals surface area contributed by atoms with Crippen molar-refractivity contribution in [1.82, 2.24) is 15.3 Å². The van der Waals surface area contributed by atoms with Gasteiger partial charge >= 0.3 is 0 Å². The van der Waals surface area contributed by atoms with Crippen LogP contribution in [0.5, 0.6) is 0 Å². The van der Waals surface area contributed by atoms with E-state index in [0.29, 0.717) is 5.92 Å². The summed E-state index contributed by atoms with van der Waals surface area (Å²) in [6.45, 7) is 3.17. The van der Waals surface area contributed by atoms with Gasteiger partial charge in [-0.3, -0.25) is 0 Å². The van der Waals surface area contributed by atoms with Crippen molar-refractivity contribution in [3.63, 3.8) is 0 Å². The summed E-state index contributed by atoms with van der Waals surface area (Å²) in [6, 6.07) is 7.95. The Bertz CT molecular complexity index is 577. The van der Waals surface area contributed by atoms with Crippen molar-refractivity contribution in [2.75, 3.05) is 37.3 Å². The van der Waals surface area contributed by atoms with Gasteiger partial charge in [-0.1, -0.05) is 12.1 Å². The Morgan fingerprint density at radius 1 is 1.20 bits per heavy atom. The highest BCUT2D eigenvalue weighted by Crippen LogP contribution is 2.21. The van der Waals surface area contributed by atoms with Crippen LogP contribution in [0.4, 0.5) is 11.6 Å². The van der Waals surface area contributed by atoms with E-state index in [1.54, 1.807) is 0 Å². The highest BCUT2D eigenvalue weighted by Gasteiger charge is 2.14. The van der Waals surface area contributed by atoms with Gasteiger partial charge in [0.2, 0.25) is 0 Å². The van der Waals surface area contributed by atoms with Gasteiger partial charge < -0.3 is 16.0 Å². The molecule has 1 aliphatic heterocycles. The lowest BCUT2D eigenvalue weighted by Crippen LogP contribution is -2.33. The molecule has 3 rings (SSSR count). The summed E-state index contributed by atoms with van der Waals surface area (Å²) in [6.07, 6.45) is 2.53. The van der Waals surface area contributed by atoms with Crippen LogP contribution in [0.2, 0.25) is 0 Å². The minimum absolute atomic E-state index is 0.668.